The average Bonchev–Trinajstić information content (AvgIpc) is 3.12. The first-order valence-corrected chi connectivity index (χ1v) is 8.23. The first-order valence-electron chi connectivity index (χ1n) is 7.13. The van der Waals surface area contributed by atoms with Crippen LogP contribution < -0.4 is 10.6 Å². The van der Waals surface area contributed by atoms with Crippen LogP contribution in [0.25, 0.3) is 11.0 Å². The van der Waals surface area contributed by atoms with Crippen molar-refractivity contribution in [3.05, 3.63) is 17.2 Å². The molecule has 1 amide bonds. The number of nitrogens with one attached hydrogen (secondary N) is 2. The predicted octanol–water partition coefficient (Wildman–Crippen LogP) is 3.20. The molecule has 21 heavy (non-hydrogen) atoms. The zero-order chi connectivity index (χ0) is 14.8. The van der Waals surface area contributed by atoms with E-state index in [1.807, 2.05) is 13.0 Å². The average molecular weight is 325 g/mol. The van der Waals surface area contributed by atoms with Gasteiger partial charge in [0.15, 0.2) is 0 Å². The highest BCUT2D eigenvalue weighted by Gasteiger charge is 2.22. The molecule has 1 saturated carbocycles. The molecule has 1 aromatic carbocycles. The summed E-state index contributed by atoms with van der Waals surface area (Å²) in [4.78, 5) is 12.2. The van der Waals surface area contributed by atoms with E-state index >= 15 is 0 Å². The third kappa shape index (κ3) is 3.11. The van der Waals surface area contributed by atoms with E-state index in [-0.39, 0.29) is 11.9 Å². The molecule has 1 unspecified atom stereocenters. The highest BCUT2D eigenvalue weighted by Crippen LogP contribution is 2.30. The third-order valence-electron chi connectivity index (χ3n) is 3.83. The number of carbonyl (C=O) groups excluding carboxylic acids is 1. The molecule has 5 nitrogen and oxygen atoms in total. The number of anilines is 1. The Labute approximate surface area is 132 Å². The van der Waals surface area contributed by atoms with Gasteiger partial charge in [0.05, 0.1) is 22.4 Å². The maximum atomic E-state index is 12.2. The van der Waals surface area contributed by atoms with Gasteiger partial charge < -0.3 is 10.6 Å². The van der Waals surface area contributed by atoms with E-state index in [1.165, 1.54) is 12.8 Å². The topological polar surface area (TPSA) is 66.9 Å². The van der Waals surface area contributed by atoms with E-state index in [9.17, 15) is 4.79 Å². The number of carbonyl (C=O) groups is 1. The number of halogens is 1. The lowest BCUT2D eigenvalue weighted by Crippen LogP contribution is -2.42. The van der Waals surface area contributed by atoms with Gasteiger partial charge in [0.2, 0.25) is 5.91 Å². The minimum absolute atomic E-state index is 0.00171. The third-order valence-corrected chi connectivity index (χ3v) is 4.69. The van der Waals surface area contributed by atoms with Crippen LogP contribution in [0.4, 0.5) is 5.69 Å². The van der Waals surface area contributed by atoms with E-state index in [0.29, 0.717) is 22.3 Å². The van der Waals surface area contributed by atoms with Crippen molar-refractivity contribution < 1.29 is 4.79 Å². The largest absolute Gasteiger partial charge is 0.371 e. The monoisotopic (exact) mass is 324 g/mol. The lowest BCUT2D eigenvalue weighted by molar-refractivity contribution is -0.122. The van der Waals surface area contributed by atoms with Crippen LogP contribution in [0.15, 0.2) is 12.1 Å². The highest BCUT2D eigenvalue weighted by atomic mass is 35.5. The number of aromatic nitrogens is 2. The fraction of sp³-hybridized carbons (Fsp3) is 0.500. The van der Waals surface area contributed by atoms with Crippen molar-refractivity contribution in [3.8, 4) is 0 Å². The van der Waals surface area contributed by atoms with Gasteiger partial charge in [-0.05, 0) is 31.9 Å². The first-order chi connectivity index (χ1) is 10.1. The van der Waals surface area contributed by atoms with Gasteiger partial charge in [0, 0.05) is 6.04 Å². The molecule has 1 heterocycles. The van der Waals surface area contributed by atoms with Crippen LogP contribution in [0.2, 0.25) is 5.02 Å². The van der Waals surface area contributed by atoms with Crippen LogP contribution in [0.3, 0.4) is 0 Å². The molecule has 0 aliphatic heterocycles. The van der Waals surface area contributed by atoms with E-state index in [1.54, 1.807) is 6.07 Å². The highest BCUT2D eigenvalue weighted by molar-refractivity contribution is 7.00. The quantitative estimate of drug-likeness (QED) is 0.906. The Kier molecular flexibility index (Phi) is 4.26. The second kappa shape index (κ2) is 6.15. The predicted molar refractivity (Wildman–Crippen MR) is 85.9 cm³/mol. The molecule has 1 aromatic heterocycles. The van der Waals surface area contributed by atoms with E-state index in [4.69, 9.17) is 11.6 Å². The smallest absolute Gasteiger partial charge is 0.242 e. The van der Waals surface area contributed by atoms with Gasteiger partial charge in [-0.2, -0.15) is 8.75 Å². The summed E-state index contributed by atoms with van der Waals surface area (Å²) in [6.07, 6.45) is 4.54. The molecule has 1 aliphatic rings. The van der Waals surface area contributed by atoms with Crippen LogP contribution in [-0.2, 0) is 4.79 Å². The van der Waals surface area contributed by atoms with Crippen LogP contribution >= 0.6 is 23.3 Å². The fourth-order valence-electron chi connectivity index (χ4n) is 2.64. The number of hydrogen-bond donors (Lipinski definition) is 2. The van der Waals surface area contributed by atoms with Crippen LogP contribution in [0.1, 0.15) is 32.6 Å². The summed E-state index contributed by atoms with van der Waals surface area (Å²) in [5.41, 5.74) is 2.18. The Bertz CT molecular complexity index is 653. The Balaban J connectivity index is 1.73. The van der Waals surface area contributed by atoms with E-state index in [2.05, 4.69) is 19.4 Å². The van der Waals surface area contributed by atoms with Gasteiger partial charge in [0.1, 0.15) is 17.1 Å². The van der Waals surface area contributed by atoms with Crippen molar-refractivity contribution >= 4 is 46.0 Å². The molecule has 7 heteroatoms. The Morgan fingerprint density at radius 2 is 2.14 bits per heavy atom. The maximum Gasteiger partial charge on any atom is 0.242 e. The van der Waals surface area contributed by atoms with Gasteiger partial charge >= 0.3 is 0 Å². The zero-order valence-corrected chi connectivity index (χ0v) is 13.3. The molecular weight excluding hydrogens is 308 g/mol. The Morgan fingerprint density at radius 1 is 1.38 bits per heavy atom. The SMILES string of the molecule is CC(Nc1c(Cl)ccc2nsnc12)C(=O)NC1CCCC1. The van der Waals surface area contributed by atoms with Crippen molar-refractivity contribution in [2.24, 2.45) is 0 Å². The summed E-state index contributed by atoms with van der Waals surface area (Å²) in [6, 6.07) is 3.55. The summed E-state index contributed by atoms with van der Waals surface area (Å²) in [5, 5.41) is 6.81. The maximum absolute atomic E-state index is 12.2. The van der Waals surface area contributed by atoms with Crippen LogP contribution in [0.5, 0.6) is 0 Å². The molecular formula is C14H17ClN4OS. The Morgan fingerprint density at radius 3 is 2.90 bits per heavy atom. The summed E-state index contributed by atoms with van der Waals surface area (Å²) in [6.45, 7) is 1.83. The second-order valence-corrected chi connectivity index (χ2v) is 6.35. The van der Waals surface area contributed by atoms with Gasteiger partial charge in [0.25, 0.3) is 0 Å². The molecule has 2 N–H and O–H groups in total. The van der Waals surface area contributed by atoms with Gasteiger partial charge in [-0.15, -0.1) is 0 Å². The normalized spacial score (nSPS) is 17.0. The lowest BCUT2D eigenvalue weighted by Gasteiger charge is -2.19. The second-order valence-electron chi connectivity index (χ2n) is 5.41. The number of amides is 1. The molecule has 0 radical (unpaired) electrons. The molecule has 0 spiro atoms. The number of benzene rings is 1. The molecule has 1 fully saturated rings. The summed E-state index contributed by atoms with van der Waals surface area (Å²) >= 11 is 7.36. The van der Waals surface area contributed by atoms with Crippen LogP contribution in [-0.4, -0.2) is 26.7 Å². The lowest BCUT2D eigenvalue weighted by atomic mass is 10.2. The van der Waals surface area contributed by atoms with Gasteiger partial charge in [-0.3, -0.25) is 4.79 Å². The van der Waals surface area contributed by atoms with Crippen molar-refractivity contribution in [1.82, 2.24) is 14.1 Å². The minimum Gasteiger partial charge on any atom is -0.371 e. The Hall–Kier alpha value is -1.40. The molecule has 3 rings (SSSR count). The van der Waals surface area contributed by atoms with Crippen molar-refractivity contribution in [3.63, 3.8) is 0 Å². The van der Waals surface area contributed by atoms with Gasteiger partial charge in [-0.1, -0.05) is 24.4 Å². The van der Waals surface area contributed by atoms with E-state index in [0.717, 1.165) is 30.1 Å². The summed E-state index contributed by atoms with van der Waals surface area (Å²) in [5.74, 6) is -0.00171. The molecule has 1 atom stereocenters. The van der Waals surface area contributed by atoms with Crippen molar-refractivity contribution in [2.75, 3.05) is 5.32 Å². The number of rotatable bonds is 4. The van der Waals surface area contributed by atoms with E-state index < -0.39 is 0 Å². The summed E-state index contributed by atoms with van der Waals surface area (Å²) < 4.78 is 8.43. The molecule has 0 bridgehead atoms. The van der Waals surface area contributed by atoms with Gasteiger partial charge in [-0.25, -0.2) is 0 Å². The number of nitrogens with zero attached hydrogens (tertiary/aromatic N) is 2. The molecule has 2 aromatic rings. The molecule has 1 aliphatic carbocycles. The minimum atomic E-state index is -0.365. The number of hydrogen-bond acceptors (Lipinski definition) is 5. The molecule has 0 saturated heterocycles. The van der Waals surface area contributed by atoms with Crippen molar-refractivity contribution in [1.29, 1.82) is 0 Å². The molecule has 112 valence electrons. The fourth-order valence-corrected chi connectivity index (χ4v) is 3.39. The standard InChI is InChI=1S/C14H17ClN4OS/c1-8(14(20)17-9-4-2-3-5-9)16-12-10(15)6-7-11-13(12)19-21-18-11/h6-9,16H,2-5H2,1H3,(H,17,20). The zero-order valence-electron chi connectivity index (χ0n) is 11.7. The first kappa shape index (κ1) is 14.5. The van der Waals surface area contributed by atoms with Crippen molar-refractivity contribution in [2.45, 2.75) is 44.7 Å². The van der Waals surface area contributed by atoms with Crippen LogP contribution in [0, 0.1) is 0 Å². The summed E-state index contributed by atoms with van der Waals surface area (Å²) in [7, 11) is 0. The number of fused-ring (bicyclic) bond motifs is 1.